The van der Waals surface area contributed by atoms with Gasteiger partial charge in [0.1, 0.15) is 23.6 Å². The fourth-order valence-corrected chi connectivity index (χ4v) is 9.41. The Bertz CT molecular complexity index is 2200. The highest BCUT2D eigenvalue weighted by molar-refractivity contribution is 7.90. The van der Waals surface area contributed by atoms with Crippen LogP contribution in [0.5, 0.6) is 17.4 Å². The second kappa shape index (κ2) is 16.1. The molecule has 1 aromatic carbocycles. The van der Waals surface area contributed by atoms with Crippen LogP contribution >= 0.6 is 0 Å². The molecule has 57 heavy (non-hydrogen) atoms. The lowest BCUT2D eigenvalue weighted by molar-refractivity contribution is -0.140. The number of allylic oxidation sites excluding steroid dienone is 2. The molecule has 2 saturated carbocycles. The number of methoxy groups -OCH3 is 1. The number of Topliss-reactive ketones (excluding diaryl/α,β-unsaturated/α-hetero) is 1. The van der Waals surface area contributed by atoms with E-state index in [1.54, 1.807) is 20.2 Å². The van der Waals surface area contributed by atoms with Crippen molar-refractivity contribution in [1.82, 2.24) is 34.9 Å². The van der Waals surface area contributed by atoms with Gasteiger partial charge in [-0.3, -0.25) is 23.9 Å². The summed E-state index contributed by atoms with van der Waals surface area (Å²) in [6.07, 6.45) is 8.66. The van der Waals surface area contributed by atoms with Gasteiger partial charge in [0, 0.05) is 36.9 Å². The molecular formula is C40H51N7O9S. The Morgan fingerprint density at radius 3 is 2.56 bits per heavy atom. The number of benzene rings is 1. The second-order valence-electron chi connectivity index (χ2n) is 16.0. The Labute approximate surface area is 332 Å². The van der Waals surface area contributed by atoms with Crippen LogP contribution in [0.15, 0.2) is 36.5 Å². The summed E-state index contributed by atoms with van der Waals surface area (Å²) >= 11 is 0. The SMILES string of the molecule is COc1ccc2c(O[C@@H]3C[C@H]4C(=O)C[C@]5(C(=O)NS(=O)(=O)C6CC6)C[C@@H]5/C=C\CCCCC[C@H](NC(=O)c5cnn(C)n5)C(=O)N4C3)cc(OC(C)C)nc2c1C. The Hall–Kier alpha value is -5.06. The van der Waals surface area contributed by atoms with Crippen molar-refractivity contribution in [1.29, 1.82) is 0 Å². The average molecular weight is 806 g/mol. The van der Waals surface area contributed by atoms with E-state index in [4.69, 9.17) is 19.2 Å². The first-order chi connectivity index (χ1) is 27.2. The summed E-state index contributed by atoms with van der Waals surface area (Å²) in [4.78, 5) is 64.0. The lowest BCUT2D eigenvalue weighted by Crippen LogP contribution is -2.52. The van der Waals surface area contributed by atoms with Crippen LogP contribution in [0.25, 0.3) is 10.9 Å². The number of hydrogen-bond donors (Lipinski definition) is 2. The van der Waals surface area contributed by atoms with Crippen LogP contribution in [0.4, 0.5) is 0 Å². The van der Waals surface area contributed by atoms with Gasteiger partial charge < -0.3 is 24.4 Å². The van der Waals surface area contributed by atoms with Gasteiger partial charge in [-0.2, -0.15) is 9.90 Å². The highest BCUT2D eigenvalue weighted by atomic mass is 32.2. The molecule has 2 N–H and O–H groups in total. The summed E-state index contributed by atoms with van der Waals surface area (Å²) in [5.41, 5.74) is 0.160. The lowest BCUT2D eigenvalue weighted by atomic mass is 9.91. The Morgan fingerprint density at radius 1 is 1.07 bits per heavy atom. The molecule has 0 unspecified atom stereocenters. The van der Waals surface area contributed by atoms with E-state index in [-0.39, 0.29) is 42.9 Å². The molecule has 3 aromatic rings. The molecule has 3 amide bonds. The molecule has 0 radical (unpaired) electrons. The fourth-order valence-electron chi connectivity index (χ4n) is 8.03. The number of nitrogens with zero attached hydrogens (tertiary/aromatic N) is 5. The molecule has 0 spiro atoms. The van der Waals surface area contributed by atoms with E-state index in [2.05, 4.69) is 20.2 Å². The van der Waals surface area contributed by atoms with Gasteiger partial charge in [-0.05, 0) is 77.3 Å². The molecule has 3 fully saturated rings. The molecule has 2 aliphatic heterocycles. The van der Waals surface area contributed by atoms with E-state index in [0.29, 0.717) is 66.8 Å². The molecule has 2 aliphatic carbocycles. The third kappa shape index (κ3) is 8.62. The number of carbonyl (C=O) groups is 4. The van der Waals surface area contributed by atoms with Crippen LogP contribution in [-0.4, -0.2) is 100.0 Å². The number of ketones is 1. The predicted octanol–water partition coefficient (Wildman–Crippen LogP) is 3.71. The Kier molecular flexibility index (Phi) is 11.3. The number of aromatic nitrogens is 4. The lowest BCUT2D eigenvalue weighted by Gasteiger charge is -2.29. The summed E-state index contributed by atoms with van der Waals surface area (Å²) < 4.78 is 46.4. The first-order valence-corrected chi connectivity index (χ1v) is 21.3. The number of hydrogen-bond acceptors (Lipinski definition) is 12. The van der Waals surface area contributed by atoms with E-state index in [1.807, 2.05) is 45.1 Å². The zero-order chi connectivity index (χ0) is 40.6. The number of ether oxygens (including phenoxy) is 3. The molecule has 0 bridgehead atoms. The topological polar surface area (TPSA) is 201 Å². The van der Waals surface area contributed by atoms with E-state index in [0.717, 1.165) is 18.4 Å². The molecule has 2 aromatic heterocycles. The summed E-state index contributed by atoms with van der Waals surface area (Å²) in [7, 11) is -0.707. The summed E-state index contributed by atoms with van der Waals surface area (Å²) in [5, 5.41) is 11.0. The zero-order valence-corrected chi connectivity index (χ0v) is 33.8. The highest BCUT2D eigenvalue weighted by Gasteiger charge is 2.61. The van der Waals surface area contributed by atoms with Crippen molar-refractivity contribution in [2.75, 3.05) is 13.7 Å². The van der Waals surface area contributed by atoms with Crippen molar-refractivity contribution in [3.8, 4) is 17.4 Å². The third-order valence-electron chi connectivity index (χ3n) is 11.4. The summed E-state index contributed by atoms with van der Waals surface area (Å²) in [5.74, 6) is -1.04. The van der Waals surface area contributed by atoms with Gasteiger partial charge in [0.2, 0.25) is 27.7 Å². The van der Waals surface area contributed by atoms with Crippen LogP contribution < -0.4 is 24.2 Å². The minimum atomic E-state index is -3.87. The average Bonchev–Trinajstić information content (AvgIpc) is 4.05. The molecule has 1 saturated heterocycles. The zero-order valence-electron chi connectivity index (χ0n) is 33.0. The van der Waals surface area contributed by atoms with Crippen LogP contribution in [0.1, 0.15) is 94.1 Å². The van der Waals surface area contributed by atoms with Crippen molar-refractivity contribution in [3.63, 3.8) is 0 Å². The smallest absolute Gasteiger partial charge is 0.274 e. The second-order valence-corrected chi connectivity index (χ2v) is 18.0. The van der Waals surface area contributed by atoms with E-state index >= 15 is 0 Å². The van der Waals surface area contributed by atoms with Crippen LogP contribution in [0.2, 0.25) is 0 Å². The highest BCUT2D eigenvalue weighted by Crippen LogP contribution is 2.57. The standard InChI is InChI=1S/C40H51N7O9S/c1-23(2)55-35-18-34(28-15-16-33(54-5)24(3)36(28)43-35)56-26-17-31-32(48)20-40(39(51)45-57(52,53)27-13-14-27)19-25(40)11-9-7-6-8-10-12-29(38(50)47(31)22-26)42-37(49)30-21-41-46(4)44-30/h9,11,15-16,18,21,23,25-27,29,31H,6-8,10,12-14,17,19-20,22H2,1-5H3,(H,42,49)(H,45,51)/b11-9-/t25-,26+,29-,31-,40+/m0/s1. The first-order valence-electron chi connectivity index (χ1n) is 19.7. The fraction of sp³-hybridized carbons (Fsp3) is 0.575. The van der Waals surface area contributed by atoms with Gasteiger partial charge in [0.15, 0.2) is 11.5 Å². The van der Waals surface area contributed by atoms with Crippen molar-refractivity contribution in [2.24, 2.45) is 18.4 Å². The van der Waals surface area contributed by atoms with Crippen LogP contribution in [-0.2, 0) is 31.5 Å². The molecule has 5 atom stereocenters. The maximum atomic E-state index is 14.7. The molecule has 17 heteroatoms. The number of sulfonamides is 1. The Balaban J connectivity index is 1.23. The number of aryl methyl sites for hydroxylation is 2. The quantitative estimate of drug-likeness (QED) is 0.282. The molecular weight excluding hydrogens is 755 g/mol. The van der Waals surface area contributed by atoms with Crippen molar-refractivity contribution < 1.29 is 41.8 Å². The minimum Gasteiger partial charge on any atom is -0.496 e. The van der Waals surface area contributed by atoms with Crippen LogP contribution in [0, 0.1) is 18.3 Å². The number of nitrogens with one attached hydrogen (secondary N) is 2. The van der Waals surface area contributed by atoms with E-state index < -0.39 is 56.6 Å². The van der Waals surface area contributed by atoms with Gasteiger partial charge in [0.25, 0.3) is 5.91 Å². The Morgan fingerprint density at radius 2 is 1.86 bits per heavy atom. The van der Waals surface area contributed by atoms with E-state index in [9.17, 15) is 27.6 Å². The third-order valence-corrected chi connectivity index (χ3v) is 13.2. The van der Waals surface area contributed by atoms with Gasteiger partial charge >= 0.3 is 0 Å². The molecule has 306 valence electrons. The number of amides is 3. The monoisotopic (exact) mass is 805 g/mol. The van der Waals surface area contributed by atoms with E-state index in [1.165, 1.54) is 15.9 Å². The maximum Gasteiger partial charge on any atom is 0.274 e. The number of fused-ring (bicyclic) bond motifs is 3. The molecule has 16 nitrogen and oxygen atoms in total. The van der Waals surface area contributed by atoms with Gasteiger partial charge in [-0.25, -0.2) is 13.4 Å². The summed E-state index contributed by atoms with van der Waals surface area (Å²) in [6, 6.07) is 3.33. The van der Waals surface area contributed by atoms with Crippen molar-refractivity contribution >= 4 is 44.4 Å². The normalized spacial score (nSPS) is 26.2. The predicted molar refractivity (Wildman–Crippen MR) is 208 cm³/mol. The van der Waals surface area contributed by atoms with Crippen LogP contribution in [0.3, 0.4) is 0 Å². The van der Waals surface area contributed by atoms with Gasteiger partial charge in [0.05, 0.1) is 48.2 Å². The summed E-state index contributed by atoms with van der Waals surface area (Å²) in [6.45, 7) is 5.67. The number of rotatable bonds is 10. The van der Waals surface area contributed by atoms with Gasteiger partial charge in [-0.1, -0.05) is 25.0 Å². The van der Waals surface area contributed by atoms with Gasteiger partial charge in [-0.15, -0.1) is 5.10 Å². The largest absolute Gasteiger partial charge is 0.496 e. The molecule has 4 heterocycles. The minimum absolute atomic E-state index is 0.00463. The first kappa shape index (κ1) is 40.1. The van der Waals surface area contributed by atoms with Crippen molar-refractivity contribution in [2.45, 2.75) is 115 Å². The molecule has 4 aliphatic rings. The maximum absolute atomic E-state index is 14.7. The van der Waals surface area contributed by atoms with Crippen molar-refractivity contribution in [3.05, 3.63) is 47.8 Å². The number of carbonyl (C=O) groups excluding carboxylic acids is 4. The molecule has 7 rings (SSSR count). The number of pyridine rings is 1.